The predicted molar refractivity (Wildman–Crippen MR) is 20.9 cm³/mol. The van der Waals surface area contributed by atoms with E-state index in [-0.39, 0.29) is 6.61 Å². The first-order chi connectivity index (χ1) is 2.27. The summed E-state index contributed by atoms with van der Waals surface area (Å²) >= 11 is 4.99. The lowest BCUT2D eigenvalue weighted by Gasteiger charge is -1.88. The van der Waals surface area contributed by atoms with Crippen molar-refractivity contribution in [3.05, 3.63) is 0 Å². The van der Waals surface area contributed by atoms with Gasteiger partial charge in [0.2, 0.25) is 0 Å². The molecule has 0 aromatic rings. The second kappa shape index (κ2) is 2.45. The fourth-order valence-corrected chi connectivity index (χ4v) is 0. The second-order valence-corrected chi connectivity index (χ2v) is 1.26. The maximum atomic E-state index is 7.89. The van der Waals surface area contributed by atoms with Crippen molar-refractivity contribution >= 4 is 11.6 Å². The molecule has 0 aromatic heterocycles. The van der Waals surface area contributed by atoms with Crippen LogP contribution in [0.15, 0.2) is 0 Å². The van der Waals surface area contributed by atoms with E-state index in [0.717, 1.165) is 0 Å². The molecule has 32 valence electrons. The van der Waals surface area contributed by atoms with Crippen molar-refractivity contribution in [1.29, 1.82) is 0 Å². The SMILES string of the molecule is NC(Cl)CO. The molecule has 3 heteroatoms. The summed E-state index contributed by atoms with van der Waals surface area (Å²) in [6.07, 6.45) is 0. The van der Waals surface area contributed by atoms with E-state index in [1.165, 1.54) is 0 Å². The van der Waals surface area contributed by atoms with E-state index in [9.17, 15) is 0 Å². The molecule has 0 amide bonds. The van der Waals surface area contributed by atoms with Crippen molar-refractivity contribution in [2.24, 2.45) is 5.73 Å². The molecule has 0 rings (SSSR count). The highest BCUT2D eigenvalue weighted by Gasteiger charge is 1.84. The number of alkyl halides is 1. The van der Waals surface area contributed by atoms with Crippen molar-refractivity contribution in [2.75, 3.05) is 6.61 Å². The van der Waals surface area contributed by atoms with Crippen LogP contribution >= 0.6 is 11.6 Å². The summed E-state index contributed by atoms with van der Waals surface area (Å²) < 4.78 is 0. The van der Waals surface area contributed by atoms with Gasteiger partial charge in [0.05, 0.1) is 6.61 Å². The molecule has 0 aliphatic carbocycles. The van der Waals surface area contributed by atoms with Gasteiger partial charge in [-0.3, -0.25) is 0 Å². The Labute approximate surface area is 35.5 Å². The van der Waals surface area contributed by atoms with Crippen LogP contribution in [0, 0.1) is 0 Å². The predicted octanol–water partition coefficient (Wildman–Crippen LogP) is -0.498. The minimum absolute atomic E-state index is 0.151. The summed E-state index contributed by atoms with van der Waals surface area (Å²) in [6, 6.07) is 0. The van der Waals surface area contributed by atoms with E-state index < -0.39 is 5.50 Å². The molecule has 1 unspecified atom stereocenters. The van der Waals surface area contributed by atoms with E-state index in [1.807, 2.05) is 0 Å². The summed E-state index contributed by atoms with van der Waals surface area (Å²) in [5.41, 5.74) is 4.22. The van der Waals surface area contributed by atoms with Gasteiger partial charge < -0.3 is 10.8 Å². The van der Waals surface area contributed by atoms with E-state index >= 15 is 0 Å². The fraction of sp³-hybridized carbons (Fsp3) is 1.00. The summed E-state index contributed by atoms with van der Waals surface area (Å²) in [7, 11) is 0. The molecule has 0 aromatic carbocycles. The number of rotatable bonds is 1. The molecule has 0 aliphatic rings. The van der Waals surface area contributed by atoms with Gasteiger partial charge in [0, 0.05) is 0 Å². The zero-order valence-electron chi connectivity index (χ0n) is 2.69. The Morgan fingerprint density at radius 1 is 2.00 bits per heavy atom. The number of hydrogen-bond acceptors (Lipinski definition) is 2. The van der Waals surface area contributed by atoms with Crippen molar-refractivity contribution in [3.63, 3.8) is 0 Å². The minimum atomic E-state index is -0.588. The van der Waals surface area contributed by atoms with Gasteiger partial charge in [-0.25, -0.2) is 0 Å². The number of nitrogens with two attached hydrogens (primary N) is 1. The standard InChI is InChI=1S/C2H6ClNO/c3-2(4)1-5/h2,5H,1,4H2. The quantitative estimate of drug-likeness (QED) is 0.341. The van der Waals surface area contributed by atoms with E-state index in [0.29, 0.717) is 0 Å². The summed E-state index contributed by atoms with van der Waals surface area (Å²) in [6.45, 7) is -0.151. The first-order valence-electron chi connectivity index (χ1n) is 1.28. The van der Waals surface area contributed by atoms with Crippen LogP contribution in [0.1, 0.15) is 0 Å². The normalized spacial score (nSPS) is 15.0. The maximum Gasteiger partial charge on any atom is 0.103 e. The topological polar surface area (TPSA) is 46.2 Å². The van der Waals surface area contributed by atoms with Gasteiger partial charge in [-0.05, 0) is 0 Å². The highest BCUT2D eigenvalue weighted by Crippen LogP contribution is 1.76. The molecule has 0 saturated carbocycles. The van der Waals surface area contributed by atoms with Gasteiger partial charge >= 0.3 is 0 Å². The molecule has 0 radical (unpaired) electrons. The molecular formula is C2H6ClNO. The van der Waals surface area contributed by atoms with Gasteiger partial charge in [0.1, 0.15) is 5.50 Å². The Balaban J connectivity index is 2.54. The molecule has 0 heterocycles. The van der Waals surface area contributed by atoms with Crippen LogP contribution < -0.4 is 5.73 Å². The molecule has 0 bridgehead atoms. The third-order valence-electron chi connectivity index (χ3n) is 0.174. The average molecular weight is 95.5 g/mol. The molecule has 2 nitrogen and oxygen atoms in total. The lowest BCUT2D eigenvalue weighted by Crippen LogP contribution is -2.15. The number of halogens is 1. The summed E-state index contributed by atoms with van der Waals surface area (Å²) in [5, 5.41) is 7.89. The smallest absolute Gasteiger partial charge is 0.103 e. The summed E-state index contributed by atoms with van der Waals surface area (Å²) in [4.78, 5) is 0. The lowest BCUT2D eigenvalue weighted by atomic mass is 10.7. The third kappa shape index (κ3) is 4.21. The van der Waals surface area contributed by atoms with E-state index in [4.69, 9.17) is 22.4 Å². The zero-order valence-corrected chi connectivity index (χ0v) is 3.44. The highest BCUT2D eigenvalue weighted by atomic mass is 35.5. The highest BCUT2D eigenvalue weighted by molar-refractivity contribution is 6.20. The molecule has 0 aliphatic heterocycles. The van der Waals surface area contributed by atoms with Crippen molar-refractivity contribution < 1.29 is 5.11 Å². The number of aliphatic hydroxyl groups is 1. The largest absolute Gasteiger partial charge is 0.393 e. The van der Waals surface area contributed by atoms with Gasteiger partial charge in [0.25, 0.3) is 0 Å². The van der Waals surface area contributed by atoms with Crippen LogP contribution in [0.25, 0.3) is 0 Å². The van der Waals surface area contributed by atoms with Gasteiger partial charge in [-0.1, -0.05) is 0 Å². The van der Waals surface area contributed by atoms with Crippen molar-refractivity contribution in [3.8, 4) is 0 Å². The molecule has 3 N–H and O–H groups in total. The monoisotopic (exact) mass is 95.0 g/mol. The molecular weight excluding hydrogens is 89.5 g/mol. The van der Waals surface area contributed by atoms with Crippen LogP contribution in [0.3, 0.4) is 0 Å². The van der Waals surface area contributed by atoms with E-state index in [2.05, 4.69) is 0 Å². The molecule has 0 spiro atoms. The van der Waals surface area contributed by atoms with Crippen LogP contribution in [-0.2, 0) is 0 Å². The van der Waals surface area contributed by atoms with Crippen LogP contribution in [0.5, 0.6) is 0 Å². The molecule has 5 heavy (non-hydrogen) atoms. The third-order valence-corrected chi connectivity index (χ3v) is 0.312. The van der Waals surface area contributed by atoms with Crippen molar-refractivity contribution in [2.45, 2.75) is 5.50 Å². The second-order valence-electron chi connectivity index (χ2n) is 0.699. The Morgan fingerprint density at radius 3 is 2.20 bits per heavy atom. The first-order valence-corrected chi connectivity index (χ1v) is 1.71. The van der Waals surface area contributed by atoms with Crippen molar-refractivity contribution in [1.82, 2.24) is 0 Å². The number of aliphatic hydroxyl groups excluding tert-OH is 1. The Kier molecular flexibility index (Phi) is 2.55. The minimum Gasteiger partial charge on any atom is -0.393 e. The van der Waals surface area contributed by atoms with Gasteiger partial charge in [0.15, 0.2) is 0 Å². The molecule has 1 atom stereocenters. The average Bonchev–Trinajstić information content (AvgIpc) is 1.38. The molecule has 0 fully saturated rings. The zero-order chi connectivity index (χ0) is 4.28. The maximum absolute atomic E-state index is 7.89. The lowest BCUT2D eigenvalue weighted by molar-refractivity contribution is 0.294. The van der Waals surface area contributed by atoms with Gasteiger partial charge in [-0.15, -0.1) is 11.6 Å². The molecule has 0 saturated heterocycles. The van der Waals surface area contributed by atoms with Gasteiger partial charge in [-0.2, -0.15) is 0 Å². The Bertz CT molecular complexity index is 23.6. The van der Waals surface area contributed by atoms with E-state index in [1.54, 1.807) is 0 Å². The fourth-order valence-electron chi connectivity index (χ4n) is 0. The van der Waals surface area contributed by atoms with Crippen LogP contribution in [0.2, 0.25) is 0 Å². The summed E-state index contributed by atoms with van der Waals surface area (Å²) in [5.74, 6) is 0. The first kappa shape index (κ1) is 5.21. The Hall–Kier alpha value is 0.210. The number of hydrogen-bond donors (Lipinski definition) is 2. The van der Waals surface area contributed by atoms with Crippen LogP contribution in [-0.4, -0.2) is 17.2 Å². The van der Waals surface area contributed by atoms with Crippen LogP contribution in [0.4, 0.5) is 0 Å². The Morgan fingerprint density at radius 2 is 2.20 bits per heavy atom.